The van der Waals surface area contributed by atoms with Crippen LogP contribution >= 0.6 is 24.0 Å². The van der Waals surface area contributed by atoms with Crippen molar-refractivity contribution in [3.63, 3.8) is 0 Å². The van der Waals surface area contributed by atoms with Crippen LogP contribution in [0.3, 0.4) is 0 Å². The molecule has 2 aliphatic rings. The number of nitrogens with zero attached hydrogens (tertiary/aromatic N) is 2. The summed E-state index contributed by atoms with van der Waals surface area (Å²) in [5.74, 6) is 1.29. The van der Waals surface area contributed by atoms with Crippen LogP contribution in [0.1, 0.15) is 44.1 Å². The molecule has 1 aromatic carbocycles. The van der Waals surface area contributed by atoms with Gasteiger partial charge in [0.05, 0.1) is 0 Å². The van der Waals surface area contributed by atoms with Crippen molar-refractivity contribution in [2.24, 2.45) is 10.9 Å². The van der Waals surface area contributed by atoms with Gasteiger partial charge in [0.15, 0.2) is 12.6 Å². The van der Waals surface area contributed by atoms with Crippen LogP contribution < -0.4 is 15.4 Å². The Morgan fingerprint density at radius 1 is 1.16 bits per heavy atom. The van der Waals surface area contributed by atoms with Crippen molar-refractivity contribution in [3.8, 4) is 5.75 Å². The van der Waals surface area contributed by atoms with Crippen LogP contribution in [0.25, 0.3) is 0 Å². The van der Waals surface area contributed by atoms with Crippen molar-refractivity contribution in [3.05, 3.63) is 29.8 Å². The molecule has 1 unspecified atom stereocenters. The van der Waals surface area contributed by atoms with Gasteiger partial charge >= 0.3 is 6.18 Å². The summed E-state index contributed by atoms with van der Waals surface area (Å²) in [5.41, 5.74) is 0.892. The number of carbonyl (C=O) groups is 1. The second-order valence-corrected chi connectivity index (χ2v) is 8.22. The maximum Gasteiger partial charge on any atom is 0.422 e. The normalized spacial score (nSPS) is 19.9. The number of carbonyl (C=O) groups excluding carboxylic acids is 1. The summed E-state index contributed by atoms with van der Waals surface area (Å²) in [6.07, 6.45) is 2.09. The first-order valence-electron chi connectivity index (χ1n) is 10.9. The van der Waals surface area contributed by atoms with E-state index in [4.69, 9.17) is 4.74 Å². The van der Waals surface area contributed by atoms with Gasteiger partial charge < -0.3 is 20.3 Å². The molecule has 32 heavy (non-hydrogen) atoms. The molecule has 0 bridgehead atoms. The van der Waals surface area contributed by atoms with E-state index in [1.807, 2.05) is 4.90 Å². The van der Waals surface area contributed by atoms with Gasteiger partial charge in [-0.1, -0.05) is 31.4 Å². The lowest BCUT2D eigenvalue weighted by Crippen LogP contribution is -2.45. The first-order valence-corrected chi connectivity index (χ1v) is 10.9. The molecule has 0 spiro atoms. The molecule has 1 aromatic rings. The Bertz CT molecular complexity index is 753. The number of ether oxygens (including phenoxy) is 1. The minimum Gasteiger partial charge on any atom is -0.484 e. The van der Waals surface area contributed by atoms with Gasteiger partial charge in [0.2, 0.25) is 5.91 Å². The number of guanidine groups is 1. The zero-order valence-corrected chi connectivity index (χ0v) is 20.6. The monoisotopic (exact) mass is 568 g/mol. The number of halogens is 4. The molecule has 10 heteroatoms. The molecule has 0 aromatic heterocycles. The molecule has 180 valence electrons. The number of hydrogen-bond acceptors (Lipinski definition) is 3. The van der Waals surface area contributed by atoms with Crippen molar-refractivity contribution in [2.45, 2.75) is 57.3 Å². The molecule has 1 heterocycles. The fourth-order valence-electron chi connectivity index (χ4n) is 4.13. The topological polar surface area (TPSA) is 66.0 Å². The van der Waals surface area contributed by atoms with Crippen molar-refractivity contribution >= 4 is 35.8 Å². The maximum absolute atomic E-state index is 12.7. The summed E-state index contributed by atoms with van der Waals surface area (Å²) in [7, 11) is 1.68. The Morgan fingerprint density at radius 2 is 1.84 bits per heavy atom. The average molecular weight is 568 g/mol. The first kappa shape index (κ1) is 26.5. The van der Waals surface area contributed by atoms with E-state index in [2.05, 4.69) is 15.6 Å². The van der Waals surface area contributed by atoms with Gasteiger partial charge in [-0.15, -0.1) is 24.0 Å². The molecular weight excluding hydrogens is 536 g/mol. The summed E-state index contributed by atoms with van der Waals surface area (Å²) in [6.45, 7) is 0.615. The molecule has 2 N–H and O–H groups in total. The maximum atomic E-state index is 12.7. The third-order valence-electron chi connectivity index (χ3n) is 5.80. The van der Waals surface area contributed by atoms with Gasteiger partial charge in [0, 0.05) is 38.6 Å². The van der Waals surface area contributed by atoms with Crippen molar-refractivity contribution < 1.29 is 22.7 Å². The van der Waals surface area contributed by atoms with Crippen LogP contribution in [0, 0.1) is 5.92 Å². The standard InChI is InChI=1S/C22H31F3N4O2.HI/c1-26-21(27-13-16-7-9-19(10-8-16)31-15-22(23,24)25)28-18-11-12-29(14-18)20(30)17-5-3-2-4-6-17;/h7-10,17-18H,2-6,11-15H2,1H3,(H2,26,27,28);1H. The molecule has 1 amide bonds. The third-order valence-corrected chi connectivity index (χ3v) is 5.80. The number of rotatable bonds is 6. The molecule has 1 saturated heterocycles. The molecule has 6 nitrogen and oxygen atoms in total. The fraction of sp³-hybridized carbons (Fsp3) is 0.636. The van der Waals surface area contributed by atoms with Gasteiger partial charge in [0.1, 0.15) is 5.75 Å². The van der Waals surface area contributed by atoms with Crippen molar-refractivity contribution in [1.29, 1.82) is 0 Å². The first-order chi connectivity index (χ1) is 14.8. The van der Waals surface area contributed by atoms with Crippen LogP contribution in [0.4, 0.5) is 13.2 Å². The average Bonchev–Trinajstić information content (AvgIpc) is 3.24. The number of benzene rings is 1. The zero-order valence-electron chi connectivity index (χ0n) is 18.3. The fourth-order valence-corrected chi connectivity index (χ4v) is 4.13. The van der Waals surface area contributed by atoms with Gasteiger partial charge in [-0.2, -0.15) is 13.2 Å². The van der Waals surface area contributed by atoms with Crippen molar-refractivity contribution in [2.75, 3.05) is 26.7 Å². The highest BCUT2D eigenvalue weighted by Crippen LogP contribution is 2.26. The zero-order chi connectivity index (χ0) is 22.3. The van der Waals surface area contributed by atoms with Crippen LogP contribution in [0.15, 0.2) is 29.3 Å². The number of hydrogen-bond donors (Lipinski definition) is 2. The number of alkyl halides is 3. The summed E-state index contributed by atoms with van der Waals surface area (Å²) in [5, 5.41) is 6.58. The lowest BCUT2D eigenvalue weighted by Gasteiger charge is -2.26. The molecule has 1 saturated carbocycles. The second kappa shape index (κ2) is 12.5. The minimum absolute atomic E-state index is 0. The predicted octanol–water partition coefficient (Wildman–Crippen LogP) is 4.09. The van der Waals surface area contributed by atoms with Gasteiger partial charge in [-0.05, 0) is 37.0 Å². The van der Waals surface area contributed by atoms with E-state index in [1.165, 1.54) is 18.6 Å². The van der Waals surface area contributed by atoms with E-state index < -0.39 is 12.8 Å². The highest BCUT2D eigenvalue weighted by molar-refractivity contribution is 14.0. The SMILES string of the molecule is CN=C(NCc1ccc(OCC(F)(F)F)cc1)NC1CCN(C(=O)C2CCCCC2)C1.I. The highest BCUT2D eigenvalue weighted by atomic mass is 127. The number of nitrogens with one attached hydrogen (secondary N) is 2. The lowest BCUT2D eigenvalue weighted by molar-refractivity contribution is -0.153. The molecule has 1 aliphatic heterocycles. The summed E-state index contributed by atoms with van der Waals surface area (Å²) >= 11 is 0. The molecule has 1 aliphatic carbocycles. The molecule has 1 atom stereocenters. The van der Waals surface area contributed by atoms with Crippen LogP contribution in [-0.4, -0.2) is 55.7 Å². The van der Waals surface area contributed by atoms with E-state index >= 15 is 0 Å². The molecule has 0 radical (unpaired) electrons. The van der Waals surface area contributed by atoms with E-state index in [9.17, 15) is 18.0 Å². The Labute approximate surface area is 204 Å². The van der Waals surface area contributed by atoms with Gasteiger partial charge in [-0.3, -0.25) is 9.79 Å². The van der Waals surface area contributed by atoms with Gasteiger partial charge in [-0.25, -0.2) is 0 Å². The molecule has 2 fully saturated rings. The van der Waals surface area contributed by atoms with Crippen LogP contribution in [0.5, 0.6) is 5.75 Å². The summed E-state index contributed by atoms with van der Waals surface area (Å²) in [6, 6.07) is 6.62. The lowest BCUT2D eigenvalue weighted by atomic mass is 9.88. The Morgan fingerprint density at radius 3 is 2.47 bits per heavy atom. The number of likely N-dealkylation sites (tertiary alicyclic amines) is 1. The minimum atomic E-state index is -4.35. The summed E-state index contributed by atoms with van der Waals surface area (Å²) < 4.78 is 41.4. The van der Waals surface area contributed by atoms with E-state index in [-0.39, 0.29) is 41.7 Å². The third kappa shape index (κ3) is 8.32. The Hall–Kier alpha value is -1.72. The molecular formula is C22H32F3IN4O2. The van der Waals surface area contributed by atoms with Crippen LogP contribution in [-0.2, 0) is 11.3 Å². The molecule has 3 rings (SSSR count). The smallest absolute Gasteiger partial charge is 0.422 e. The van der Waals surface area contributed by atoms with E-state index in [0.29, 0.717) is 25.0 Å². The Kier molecular flexibility index (Phi) is 10.4. The summed E-state index contributed by atoms with van der Waals surface area (Å²) in [4.78, 5) is 18.9. The number of aliphatic imine (C=N–C) groups is 1. The number of amides is 1. The largest absolute Gasteiger partial charge is 0.484 e. The second-order valence-electron chi connectivity index (χ2n) is 8.22. The van der Waals surface area contributed by atoms with Gasteiger partial charge in [0.25, 0.3) is 0 Å². The predicted molar refractivity (Wildman–Crippen MR) is 128 cm³/mol. The highest BCUT2D eigenvalue weighted by Gasteiger charge is 2.32. The van der Waals surface area contributed by atoms with Crippen molar-refractivity contribution in [1.82, 2.24) is 15.5 Å². The Balaban J connectivity index is 0.00000363. The van der Waals surface area contributed by atoms with Crippen LogP contribution in [0.2, 0.25) is 0 Å². The van der Waals surface area contributed by atoms with E-state index in [0.717, 1.165) is 44.2 Å². The van der Waals surface area contributed by atoms with E-state index in [1.54, 1.807) is 19.2 Å². The quantitative estimate of drug-likeness (QED) is 0.309.